The molecule has 0 saturated carbocycles. The number of phenolic OH excluding ortho intramolecular Hbond substituents is 1. The average Bonchev–Trinajstić information content (AvgIpc) is 3.04. The van der Waals surface area contributed by atoms with Crippen molar-refractivity contribution in [2.24, 2.45) is 0 Å². The molecule has 6 nitrogen and oxygen atoms in total. The Balaban J connectivity index is 1.91. The number of aromatic hydroxyl groups is 1. The number of benzene rings is 2. The van der Waals surface area contributed by atoms with Gasteiger partial charge in [-0.15, -0.1) is 0 Å². The molecule has 136 valence electrons. The number of ether oxygens (including phenoxy) is 3. The quantitative estimate of drug-likeness (QED) is 0.830. The summed E-state index contributed by atoms with van der Waals surface area (Å²) in [6.07, 6.45) is 0.243. The molecule has 2 aromatic carbocycles. The van der Waals surface area contributed by atoms with Crippen LogP contribution in [0.15, 0.2) is 42.5 Å². The van der Waals surface area contributed by atoms with E-state index in [-0.39, 0.29) is 18.1 Å². The number of rotatable bonds is 5. The molecule has 2 atom stereocenters. The van der Waals surface area contributed by atoms with E-state index in [1.54, 1.807) is 30.3 Å². The molecule has 2 aromatic rings. The average molecular weight is 356 g/mol. The molecule has 6 heteroatoms. The third kappa shape index (κ3) is 3.49. The Labute approximate surface area is 151 Å². The van der Waals surface area contributed by atoms with E-state index in [9.17, 15) is 14.7 Å². The fraction of sp³-hybridized carbons (Fsp3) is 0.300. The van der Waals surface area contributed by atoms with E-state index in [1.807, 2.05) is 12.1 Å². The van der Waals surface area contributed by atoms with Crippen LogP contribution in [-0.2, 0) is 25.5 Å². The maximum atomic E-state index is 12.4. The Hall–Kier alpha value is -3.02. The second-order valence-corrected chi connectivity index (χ2v) is 6.08. The van der Waals surface area contributed by atoms with E-state index < -0.39 is 18.0 Å². The second-order valence-electron chi connectivity index (χ2n) is 6.08. The van der Waals surface area contributed by atoms with Crippen LogP contribution in [0.4, 0.5) is 0 Å². The van der Waals surface area contributed by atoms with Crippen LogP contribution in [0.2, 0.25) is 0 Å². The van der Waals surface area contributed by atoms with Gasteiger partial charge in [-0.25, -0.2) is 0 Å². The van der Waals surface area contributed by atoms with E-state index >= 15 is 0 Å². The Morgan fingerprint density at radius 2 is 1.81 bits per heavy atom. The molecule has 0 amide bonds. The van der Waals surface area contributed by atoms with Crippen molar-refractivity contribution in [1.82, 2.24) is 0 Å². The Morgan fingerprint density at radius 3 is 2.46 bits per heavy atom. The molecule has 3 rings (SSSR count). The summed E-state index contributed by atoms with van der Waals surface area (Å²) in [4.78, 5) is 23.8. The summed E-state index contributed by atoms with van der Waals surface area (Å²) < 4.78 is 15.6. The fourth-order valence-corrected chi connectivity index (χ4v) is 3.12. The number of phenols is 1. The Morgan fingerprint density at radius 1 is 1.08 bits per heavy atom. The van der Waals surface area contributed by atoms with Crippen molar-refractivity contribution in [3.63, 3.8) is 0 Å². The highest BCUT2D eigenvalue weighted by Crippen LogP contribution is 2.47. The van der Waals surface area contributed by atoms with Gasteiger partial charge in [-0.1, -0.05) is 24.3 Å². The third-order valence-electron chi connectivity index (χ3n) is 4.49. The minimum absolute atomic E-state index is 0.143. The molecule has 0 bridgehead atoms. The van der Waals surface area contributed by atoms with Crippen LogP contribution < -0.4 is 4.74 Å². The van der Waals surface area contributed by atoms with Gasteiger partial charge < -0.3 is 19.3 Å². The lowest BCUT2D eigenvalue weighted by Crippen LogP contribution is -2.20. The minimum atomic E-state index is -0.613. The Bertz CT molecular complexity index is 812. The smallest absolute Gasteiger partial charge is 0.317 e. The van der Waals surface area contributed by atoms with E-state index in [0.717, 1.165) is 16.7 Å². The number of methoxy groups -OCH3 is 2. The van der Waals surface area contributed by atoms with Crippen molar-refractivity contribution in [3.05, 3.63) is 59.2 Å². The standard InChI is InChI=1S/C20H20O6/c1-24-17(22)10-4-12-3-9-16-15(11-12)18(20(23)25-2)19(26-16)13-5-7-14(21)8-6-13/h3,5-9,11,18-19,21H,4,10H2,1-2H3. The fourth-order valence-electron chi connectivity index (χ4n) is 3.12. The van der Waals surface area contributed by atoms with Crippen molar-refractivity contribution >= 4 is 11.9 Å². The van der Waals surface area contributed by atoms with Gasteiger partial charge in [0.05, 0.1) is 14.2 Å². The predicted molar refractivity (Wildman–Crippen MR) is 93.0 cm³/mol. The SMILES string of the molecule is COC(=O)CCc1ccc2c(c1)C(C(=O)OC)C(c1ccc(O)cc1)O2. The molecule has 0 aromatic heterocycles. The normalized spacial score (nSPS) is 17.9. The molecule has 1 aliphatic rings. The first kappa shape index (κ1) is 17.8. The lowest BCUT2D eigenvalue weighted by atomic mass is 9.90. The molecule has 0 aliphatic carbocycles. The summed E-state index contributed by atoms with van der Waals surface area (Å²) in [7, 11) is 2.70. The number of carbonyl (C=O) groups is 2. The van der Waals surface area contributed by atoms with Crippen LogP contribution in [0.3, 0.4) is 0 Å². The maximum Gasteiger partial charge on any atom is 0.317 e. The molecular weight excluding hydrogens is 336 g/mol. The first-order valence-electron chi connectivity index (χ1n) is 8.26. The van der Waals surface area contributed by atoms with E-state index in [1.165, 1.54) is 14.2 Å². The lowest BCUT2D eigenvalue weighted by molar-refractivity contribution is -0.144. The van der Waals surface area contributed by atoms with Gasteiger partial charge in [0.25, 0.3) is 0 Å². The van der Waals surface area contributed by atoms with Crippen molar-refractivity contribution in [2.75, 3.05) is 14.2 Å². The maximum absolute atomic E-state index is 12.4. The molecule has 0 spiro atoms. The lowest BCUT2D eigenvalue weighted by Gasteiger charge is -2.17. The zero-order valence-corrected chi connectivity index (χ0v) is 14.6. The highest BCUT2D eigenvalue weighted by atomic mass is 16.5. The van der Waals surface area contributed by atoms with Crippen molar-refractivity contribution in [3.8, 4) is 11.5 Å². The number of hydrogen-bond acceptors (Lipinski definition) is 6. The van der Waals surface area contributed by atoms with Crippen molar-refractivity contribution in [2.45, 2.75) is 24.9 Å². The van der Waals surface area contributed by atoms with E-state index in [0.29, 0.717) is 12.2 Å². The van der Waals surface area contributed by atoms with Crippen LogP contribution in [0.25, 0.3) is 0 Å². The highest BCUT2D eigenvalue weighted by molar-refractivity contribution is 5.81. The van der Waals surface area contributed by atoms with Crippen LogP contribution in [0.1, 0.15) is 35.1 Å². The Kier molecular flexibility index (Phi) is 5.11. The third-order valence-corrected chi connectivity index (χ3v) is 4.49. The summed E-state index contributed by atoms with van der Waals surface area (Å²) in [5.74, 6) is -0.540. The van der Waals surface area contributed by atoms with Gasteiger partial charge in [0, 0.05) is 12.0 Å². The summed E-state index contributed by atoms with van der Waals surface area (Å²) in [5.41, 5.74) is 2.42. The topological polar surface area (TPSA) is 82.1 Å². The van der Waals surface area contributed by atoms with Crippen molar-refractivity contribution in [1.29, 1.82) is 0 Å². The predicted octanol–water partition coefficient (Wildman–Crippen LogP) is 2.89. The molecule has 0 saturated heterocycles. The van der Waals surface area contributed by atoms with Gasteiger partial charge in [0.1, 0.15) is 23.5 Å². The number of aryl methyl sites for hydroxylation is 1. The number of fused-ring (bicyclic) bond motifs is 1. The number of carbonyl (C=O) groups excluding carboxylic acids is 2. The highest BCUT2D eigenvalue weighted by Gasteiger charge is 2.41. The summed E-state index contributed by atoms with van der Waals surface area (Å²) in [6, 6.07) is 12.1. The summed E-state index contributed by atoms with van der Waals surface area (Å²) >= 11 is 0. The minimum Gasteiger partial charge on any atom is -0.508 e. The molecule has 0 radical (unpaired) electrons. The van der Waals surface area contributed by atoms with Gasteiger partial charge in [0.2, 0.25) is 0 Å². The van der Waals surface area contributed by atoms with Crippen LogP contribution in [0.5, 0.6) is 11.5 Å². The first-order chi connectivity index (χ1) is 12.5. The van der Waals surface area contributed by atoms with E-state index in [2.05, 4.69) is 4.74 Å². The summed E-state index contributed by atoms with van der Waals surface area (Å²) in [5, 5.41) is 9.48. The van der Waals surface area contributed by atoms with Gasteiger partial charge in [-0.2, -0.15) is 0 Å². The molecule has 2 unspecified atom stereocenters. The zero-order valence-electron chi connectivity index (χ0n) is 14.6. The molecule has 1 heterocycles. The van der Waals surface area contributed by atoms with Gasteiger partial charge >= 0.3 is 11.9 Å². The second kappa shape index (κ2) is 7.47. The monoisotopic (exact) mass is 356 g/mol. The van der Waals surface area contributed by atoms with Gasteiger partial charge in [-0.3, -0.25) is 9.59 Å². The summed E-state index contributed by atoms with van der Waals surface area (Å²) in [6.45, 7) is 0. The first-order valence-corrected chi connectivity index (χ1v) is 8.26. The molecule has 0 fully saturated rings. The van der Waals surface area contributed by atoms with Crippen LogP contribution in [-0.4, -0.2) is 31.3 Å². The van der Waals surface area contributed by atoms with Crippen LogP contribution in [0, 0.1) is 0 Å². The van der Waals surface area contributed by atoms with Gasteiger partial charge in [0.15, 0.2) is 0 Å². The number of hydrogen-bond donors (Lipinski definition) is 1. The molecular formula is C20H20O6. The van der Waals surface area contributed by atoms with Gasteiger partial charge in [-0.05, 0) is 35.7 Å². The number of esters is 2. The molecule has 26 heavy (non-hydrogen) atoms. The van der Waals surface area contributed by atoms with Crippen LogP contribution >= 0.6 is 0 Å². The molecule has 1 N–H and O–H groups in total. The van der Waals surface area contributed by atoms with E-state index in [4.69, 9.17) is 9.47 Å². The van der Waals surface area contributed by atoms with Crippen molar-refractivity contribution < 1.29 is 28.9 Å². The largest absolute Gasteiger partial charge is 0.508 e. The molecule has 1 aliphatic heterocycles. The zero-order chi connectivity index (χ0) is 18.7.